The lowest BCUT2D eigenvalue weighted by Gasteiger charge is -2.47. The third-order valence-electron chi connectivity index (χ3n) is 13.4. The van der Waals surface area contributed by atoms with Gasteiger partial charge < -0.3 is 34.4 Å². The van der Waals surface area contributed by atoms with Crippen molar-refractivity contribution in [2.24, 2.45) is 17.8 Å². The lowest BCUT2D eigenvalue weighted by Crippen LogP contribution is -2.53. The van der Waals surface area contributed by atoms with E-state index in [1.54, 1.807) is 0 Å². The zero-order valence-corrected chi connectivity index (χ0v) is 33.0. The van der Waals surface area contributed by atoms with Crippen LogP contribution in [0.5, 0.6) is 17.2 Å². The van der Waals surface area contributed by atoms with E-state index in [-0.39, 0.29) is 5.41 Å². The number of nitrogens with one attached hydrogen (secondary N) is 1. The molecule has 54 heavy (non-hydrogen) atoms. The molecule has 3 aliphatic carbocycles. The van der Waals surface area contributed by atoms with Crippen molar-refractivity contribution >= 4 is 23.3 Å². The molecule has 1 saturated carbocycles. The van der Waals surface area contributed by atoms with Crippen molar-refractivity contribution < 1.29 is 24.1 Å². The van der Waals surface area contributed by atoms with E-state index in [9.17, 15) is 9.90 Å². The highest BCUT2D eigenvalue weighted by Crippen LogP contribution is 2.58. The summed E-state index contributed by atoms with van der Waals surface area (Å²) in [4.78, 5) is 22.7. The number of nitrogens with zero attached hydrogens (tertiary/aromatic N) is 3. The van der Waals surface area contributed by atoms with Gasteiger partial charge in [0.05, 0.1) is 19.8 Å². The van der Waals surface area contributed by atoms with E-state index in [0.717, 1.165) is 87.8 Å². The number of pyridine rings is 1. The lowest BCUT2D eigenvalue weighted by molar-refractivity contribution is -0.144. The molecule has 4 atom stereocenters. The molecular weight excluding hydrogens is 700 g/mol. The molecule has 0 amide bonds. The Morgan fingerprint density at radius 1 is 1.07 bits per heavy atom. The maximum absolute atomic E-state index is 13.1. The van der Waals surface area contributed by atoms with Gasteiger partial charge in [-0.1, -0.05) is 31.5 Å². The number of fused-ring (bicyclic) bond motifs is 4. The molecule has 8 rings (SSSR count). The molecule has 2 aliphatic heterocycles. The molecule has 1 unspecified atom stereocenters. The molecule has 9 nitrogen and oxygen atoms in total. The number of carbonyl (C=O) groups is 1. The standard InChI is InChI=1S/C44H57ClN4O5/c1-29(26-52-38-10-15-46-37-9-4-6-30(2)41(37)38)20-33-21-32-22-39-40(54-28-31(27-53-39)25-49-18-16-48(3)17-19-49)24-36(32)43(33)11-13-44(14-12-43,42(50)51)47-35-8-5-7-34(45)23-35/h5,7-8,10,15,22-24,29-31,33,47H,4,6,9,11-14,16-21,25-28H2,1-3H3,(H,50,51)/t29-,30-,31?,33+,43?,44?/m1/s1. The molecule has 3 aromatic rings. The van der Waals surface area contributed by atoms with E-state index >= 15 is 0 Å². The predicted molar refractivity (Wildman–Crippen MR) is 213 cm³/mol. The van der Waals surface area contributed by atoms with Gasteiger partial charge in [0.1, 0.15) is 11.3 Å². The number of hydrogen-bond acceptors (Lipinski definition) is 8. The summed E-state index contributed by atoms with van der Waals surface area (Å²) in [7, 11) is 2.19. The molecule has 5 aliphatic rings. The highest BCUT2D eigenvalue weighted by atomic mass is 35.5. The molecule has 2 aromatic carbocycles. The molecule has 10 heteroatoms. The van der Waals surface area contributed by atoms with Gasteiger partial charge in [-0.05, 0) is 136 Å². The van der Waals surface area contributed by atoms with Gasteiger partial charge >= 0.3 is 5.97 Å². The molecule has 2 N–H and O–H groups in total. The first kappa shape index (κ1) is 37.4. The molecule has 1 spiro atoms. The van der Waals surface area contributed by atoms with E-state index in [4.69, 9.17) is 25.8 Å². The Kier molecular flexibility index (Phi) is 10.8. The first-order valence-corrected chi connectivity index (χ1v) is 20.7. The van der Waals surface area contributed by atoms with E-state index in [0.29, 0.717) is 61.4 Å². The Balaban J connectivity index is 1.03. The van der Waals surface area contributed by atoms with Crippen molar-refractivity contribution in [1.82, 2.24) is 14.8 Å². The summed E-state index contributed by atoms with van der Waals surface area (Å²) in [5, 5.41) is 14.7. The molecule has 1 aromatic heterocycles. The number of carboxylic acids is 1. The van der Waals surface area contributed by atoms with Gasteiger partial charge in [0.25, 0.3) is 0 Å². The topological polar surface area (TPSA) is 96.4 Å². The number of piperazine rings is 1. The van der Waals surface area contributed by atoms with Crippen molar-refractivity contribution in [3.05, 3.63) is 76.1 Å². The number of aromatic nitrogens is 1. The van der Waals surface area contributed by atoms with Gasteiger partial charge in [-0.2, -0.15) is 0 Å². The smallest absolute Gasteiger partial charge is 0.329 e. The van der Waals surface area contributed by atoms with Crippen molar-refractivity contribution in [2.75, 3.05) is 64.9 Å². The van der Waals surface area contributed by atoms with Crippen LogP contribution in [0.15, 0.2) is 48.7 Å². The van der Waals surface area contributed by atoms with Crippen molar-refractivity contribution in [1.29, 1.82) is 0 Å². The first-order valence-electron chi connectivity index (χ1n) is 20.3. The molecule has 0 radical (unpaired) electrons. The Bertz CT molecular complexity index is 1820. The molecule has 290 valence electrons. The van der Waals surface area contributed by atoms with E-state index in [2.05, 4.69) is 53.1 Å². The monoisotopic (exact) mass is 756 g/mol. The summed E-state index contributed by atoms with van der Waals surface area (Å²) < 4.78 is 19.8. The van der Waals surface area contributed by atoms with Crippen molar-refractivity contribution in [2.45, 2.75) is 88.5 Å². The van der Waals surface area contributed by atoms with Gasteiger partial charge in [-0.3, -0.25) is 4.98 Å². The summed E-state index contributed by atoms with van der Waals surface area (Å²) in [6.07, 6.45) is 9.74. The van der Waals surface area contributed by atoms with Crippen LogP contribution in [0.4, 0.5) is 5.69 Å². The summed E-state index contributed by atoms with van der Waals surface area (Å²) in [6.45, 7) is 11.8. The summed E-state index contributed by atoms with van der Waals surface area (Å²) in [5.74, 6) is 3.25. The average molecular weight is 757 g/mol. The predicted octanol–water partition coefficient (Wildman–Crippen LogP) is 7.83. The molecular formula is C44H57ClN4O5. The second-order valence-electron chi connectivity index (χ2n) is 17.2. The van der Waals surface area contributed by atoms with Crippen LogP contribution in [0.25, 0.3) is 0 Å². The number of benzene rings is 2. The highest BCUT2D eigenvalue weighted by molar-refractivity contribution is 6.30. The number of aliphatic carboxylic acids is 1. The third-order valence-corrected chi connectivity index (χ3v) is 13.7. The van der Waals surface area contributed by atoms with Crippen LogP contribution >= 0.6 is 11.6 Å². The van der Waals surface area contributed by atoms with Crippen LogP contribution in [0.1, 0.15) is 87.1 Å². The molecule has 1 saturated heterocycles. The van der Waals surface area contributed by atoms with Crippen LogP contribution in [0.3, 0.4) is 0 Å². The van der Waals surface area contributed by atoms with Gasteiger partial charge in [-0.25, -0.2) is 4.79 Å². The summed E-state index contributed by atoms with van der Waals surface area (Å²) in [5.41, 5.74) is 4.61. The van der Waals surface area contributed by atoms with Gasteiger partial charge in [-0.15, -0.1) is 0 Å². The normalized spacial score (nSPS) is 28.9. The Hall–Kier alpha value is -3.53. The van der Waals surface area contributed by atoms with Crippen LogP contribution in [-0.2, 0) is 23.1 Å². The minimum Gasteiger partial charge on any atom is -0.493 e. The van der Waals surface area contributed by atoms with Crippen LogP contribution < -0.4 is 19.5 Å². The zero-order chi connectivity index (χ0) is 37.5. The average Bonchev–Trinajstić information content (AvgIpc) is 3.28. The minimum absolute atomic E-state index is 0.174. The quantitative estimate of drug-likeness (QED) is 0.215. The van der Waals surface area contributed by atoms with E-state index < -0.39 is 11.5 Å². The maximum Gasteiger partial charge on any atom is 0.329 e. The Labute approximate surface area is 325 Å². The number of likely N-dealkylation sites (N-methyl/N-ethyl adjacent to an activating group) is 1. The van der Waals surface area contributed by atoms with Crippen LogP contribution in [0.2, 0.25) is 5.02 Å². The second kappa shape index (κ2) is 15.5. The second-order valence-corrected chi connectivity index (χ2v) is 17.7. The minimum atomic E-state index is -1.07. The van der Waals surface area contributed by atoms with Crippen molar-refractivity contribution in [3.8, 4) is 17.2 Å². The number of halogens is 1. The van der Waals surface area contributed by atoms with Crippen molar-refractivity contribution in [3.63, 3.8) is 0 Å². The third kappa shape index (κ3) is 7.53. The van der Waals surface area contributed by atoms with Gasteiger partial charge in [0.2, 0.25) is 0 Å². The van der Waals surface area contributed by atoms with Crippen LogP contribution in [0, 0.1) is 17.8 Å². The Morgan fingerprint density at radius 2 is 1.83 bits per heavy atom. The Morgan fingerprint density at radius 3 is 2.57 bits per heavy atom. The molecule has 2 fully saturated rings. The first-order chi connectivity index (χ1) is 26.1. The number of hydrogen-bond donors (Lipinski definition) is 2. The van der Waals surface area contributed by atoms with E-state index in [1.807, 2.05) is 36.5 Å². The molecule has 3 heterocycles. The fourth-order valence-electron chi connectivity index (χ4n) is 10.3. The number of aryl methyl sites for hydroxylation is 1. The highest BCUT2D eigenvalue weighted by Gasteiger charge is 2.54. The number of carboxylic acid groups (broad SMARTS) is 1. The van der Waals surface area contributed by atoms with E-state index in [1.165, 1.54) is 35.2 Å². The zero-order valence-electron chi connectivity index (χ0n) is 32.2. The summed E-state index contributed by atoms with van der Waals surface area (Å²) >= 11 is 6.32. The van der Waals surface area contributed by atoms with Crippen LogP contribution in [-0.4, -0.2) is 91.0 Å². The van der Waals surface area contributed by atoms with Gasteiger partial charge in [0.15, 0.2) is 11.5 Å². The number of rotatable bonds is 10. The van der Waals surface area contributed by atoms with Gasteiger partial charge in [0, 0.05) is 66.8 Å². The number of anilines is 1. The number of ether oxygens (including phenoxy) is 3. The lowest BCUT2D eigenvalue weighted by atomic mass is 9.59. The maximum atomic E-state index is 13.1. The fraction of sp³-hybridized carbons (Fsp3) is 0.591. The fourth-order valence-corrected chi connectivity index (χ4v) is 10.5. The summed E-state index contributed by atoms with van der Waals surface area (Å²) in [6, 6.07) is 14.0. The largest absolute Gasteiger partial charge is 0.493 e. The molecule has 0 bridgehead atoms. The SMILES string of the molecule is C[C@@H](COc1ccnc2c1[C@H](C)CCC2)C[C@H]1Cc2cc3c(cc2C12CCC(Nc1cccc(Cl)c1)(C(=O)O)CC2)OCC(CN1CCN(C)CC1)CO3.